The highest BCUT2D eigenvalue weighted by Crippen LogP contribution is 2.63. The zero-order chi connectivity index (χ0) is 40.9. The molecule has 0 aromatic carbocycles. The van der Waals surface area contributed by atoms with Crippen LogP contribution in [0.15, 0.2) is 12.2 Å². The first-order chi connectivity index (χ1) is 23.2. The number of carbonyl (C=O) groups excluding carboxylic acids is 4. The first-order valence-corrected chi connectivity index (χ1v) is 13.9. The van der Waals surface area contributed by atoms with Crippen LogP contribution in [0.1, 0.15) is 32.6 Å². The Kier molecular flexibility index (Phi) is 14.1. The minimum Gasteiger partial charge on any atom is -0.459 e. The number of hydrogen-bond acceptors (Lipinski definition) is 7. The summed E-state index contributed by atoms with van der Waals surface area (Å²) in [7, 11) is 0. The van der Waals surface area contributed by atoms with Crippen LogP contribution in [-0.2, 0) is 23.8 Å². The van der Waals surface area contributed by atoms with Crippen LogP contribution in [0.5, 0.6) is 0 Å². The molecule has 0 bridgehead atoms. The third-order valence-corrected chi connectivity index (χ3v) is 6.90. The van der Waals surface area contributed by atoms with Crippen LogP contribution in [0, 0.1) is 0 Å². The Labute approximate surface area is 279 Å². The molecule has 0 saturated heterocycles. The summed E-state index contributed by atoms with van der Waals surface area (Å²) in [6.45, 7) is 1.36. The molecule has 10 nitrogen and oxygen atoms in total. The minimum atomic E-state index is -8.83. The molecule has 0 aliphatic heterocycles. The van der Waals surface area contributed by atoms with E-state index in [2.05, 4.69) is 21.9 Å². The predicted octanol–water partition coefficient (Wildman–Crippen LogP) is 5.99. The van der Waals surface area contributed by atoms with E-state index >= 15 is 0 Å². The van der Waals surface area contributed by atoms with E-state index in [0.717, 1.165) is 0 Å². The maximum atomic E-state index is 14.0. The van der Waals surface area contributed by atoms with Gasteiger partial charge in [-0.05, 0) is 32.6 Å². The molecular formula is C25H26F17N3O7. The van der Waals surface area contributed by atoms with E-state index in [0.29, 0.717) is 5.32 Å². The summed E-state index contributed by atoms with van der Waals surface area (Å²) >= 11 is 0. The average molecular weight is 803 g/mol. The van der Waals surface area contributed by atoms with Crippen molar-refractivity contribution >= 4 is 24.1 Å². The Morgan fingerprint density at radius 3 is 1.29 bits per heavy atom. The van der Waals surface area contributed by atoms with Crippen molar-refractivity contribution in [1.82, 2.24) is 16.0 Å². The van der Waals surface area contributed by atoms with Crippen molar-refractivity contribution in [1.29, 1.82) is 0 Å². The van der Waals surface area contributed by atoms with E-state index in [1.54, 1.807) is 0 Å². The van der Waals surface area contributed by atoms with E-state index in [9.17, 15) is 93.8 Å². The van der Waals surface area contributed by atoms with Gasteiger partial charge in [0.2, 0.25) is 0 Å². The summed E-state index contributed by atoms with van der Waals surface area (Å²) < 4.78 is 241. The molecule has 0 heterocycles. The van der Waals surface area contributed by atoms with E-state index in [1.807, 2.05) is 0 Å². The standard InChI is InChI=1S/C25H26F17N3O7/c1-11(2)14(46)50-9-10-52-17(49)45-13-5-3-12(4-6-13)44-16(48)51-8-7-43-15(47)18(26,27)19(28,29)20(30,31)21(32,33)22(34,35)23(36,37)24(38,39)25(40,41)42/h12-13H,1,3-10H2,2H3,(H,43,47)(H,44,48)(H,45,49). The van der Waals surface area contributed by atoms with Gasteiger partial charge in [-0.15, -0.1) is 0 Å². The second-order valence-electron chi connectivity index (χ2n) is 10.8. The van der Waals surface area contributed by atoms with Crippen LogP contribution in [0.3, 0.4) is 0 Å². The largest absolute Gasteiger partial charge is 0.460 e. The summed E-state index contributed by atoms with van der Waals surface area (Å²) in [5.41, 5.74) is 0.109. The molecule has 0 unspecified atom stereocenters. The van der Waals surface area contributed by atoms with Crippen molar-refractivity contribution in [3.63, 3.8) is 0 Å². The molecule has 0 aromatic rings. The maximum absolute atomic E-state index is 14.0. The fraction of sp³-hybridized carbons (Fsp3) is 0.760. The second kappa shape index (κ2) is 16.0. The first-order valence-electron chi connectivity index (χ1n) is 13.9. The molecule has 0 aromatic heterocycles. The highest BCUT2D eigenvalue weighted by molar-refractivity contribution is 5.87. The van der Waals surface area contributed by atoms with Crippen molar-refractivity contribution in [2.24, 2.45) is 0 Å². The zero-order valence-corrected chi connectivity index (χ0v) is 25.8. The van der Waals surface area contributed by atoms with Crippen molar-refractivity contribution in [3.8, 4) is 0 Å². The van der Waals surface area contributed by atoms with Gasteiger partial charge in [0, 0.05) is 17.7 Å². The predicted molar refractivity (Wildman–Crippen MR) is 134 cm³/mol. The molecule has 0 spiro atoms. The normalized spacial score (nSPS) is 18.2. The van der Waals surface area contributed by atoms with Crippen LogP contribution >= 0.6 is 0 Å². The summed E-state index contributed by atoms with van der Waals surface area (Å²) in [5.74, 6) is -63.2. The van der Waals surface area contributed by atoms with Gasteiger partial charge in [-0.25, -0.2) is 14.4 Å². The third-order valence-electron chi connectivity index (χ3n) is 6.90. The molecule has 0 radical (unpaired) electrons. The minimum absolute atomic E-state index is 0.109. The van der Waals surface area contributed by atoms with E-state index in [4.69, 9.17) is 9.47 Å². The molecular weight excluding hydrogens is 777 g/mol. The monoisotopic (exact) mass is 803 g/mol. The summed E-state index contributed by atoms with van der Waals surface area (Å²) in [4.78, 5) is 46.4. The van der Waals surface area contributed by atoms with E-state index < -0.39 is 96.9 Å². The molecule has 0 atom stereocenters. The van der Waals surface area contributed by atoms with Gasteiger partial charge in [0.1, 0.15) is 19.8 Å². The lowest BCUT2D eigenvalue weighted by molar-refractivity contribution is -0.459. The first kappa shape index (κ1) is 46.1. The second-order valence-corrected chi connectivity index (χ2v) is 10.8. The van der Waals surface area contributed by atoms with Gasteiger partial charge in [0.05, 0.1) is 6.54 Å². The number of hydrogen-bond donors (Lipinski definition) is 3. The molecule has 302 valence electrons. The number of alkyl carbamates (subject to hydrolysis) is 2. The van der Waals surface area contributed by atoms with Gasteiger partial charge in [-0.3, -0.25) is 4.79 Å². The van der Waals surface area contributed by atoms with Crippen LogP contribution in [0.4, 0.5) is 84.2 Å². The Hall–Kier alpha value is -3.97. The Morgan fingerprint density at radius 1 is 0.558 bits per heavy atom. The van der Waals surface area contributed by atoms with Crippen LogP contribution < -0.4 is 16.0 Å². The van der Waals surface area contributed by atoms with Crippen molar-refractivity contribution in [3.05, 3.63) is 12.2 Å². The van der Waals surface area contributed by atoms with E-state index in [1.165, 1.54) is 6.92 Å². The Balaban J connectivity index is 2.71. The van der Waals surface area contributed by atoms with Gasteiger partial charge >= 0.3 is 65.8 Å². The molecule has 3 amide bonds. The Bertz CT molecular complexity index is 1320. The lowest BCUT2D eigenvalue weighted by Gasteiger charge is -2.42. The molecule has 27 heteroatoms. The maximum Gasteiger partial charge on any atom is 0.460 e. The number of nitrogens with one attached hydrogen (secondary N) is 3. The number of esters is 1. The molecule has 1 rings (SSSR count). The lowest BCUT2D eigenvalue weighted by atomic mass is 9.89. The number of alkyl halides is 17. The number of carbonyl (C=O) groups is 4. The number of halogens is 17. The van der Waals surface area contributed by atoms with Crippen LogP contribution in [0.25, 0.3) is 0 Å². The SMILES string of the molecule is C=C(C)C(=O)OCCOC(=O)NC1CCC(NC(=O)OCCNC(=O)C(F)(F)C(F)(F)C(F)(F)C(F)(F)C(F)(F)C(F)(F)C(F)(F)C(F)(F)F)CC1. The highest BCUT2D eigenvalue weighted by Gasteiger charge is 2.95. The summed E-state index contributed by atoms with van der Waals surface area (Å²) in [5, 5.41) is 5.31. The lowest BCUT2D eigenvalue weighted by Crippen LogP contribution is -2.75. The van der Waals surface area contributed by atoms with Gasteiger partial charge in [0.25, 0.3) is 5.91 Å². The third kappa shape index (κ3) is 9.14. The number of ether oxygens (including phenoxy) is 3. The summed E-state index contributed by atoms with van der Waals surface area (Å²) in [6, 6.07) is -1.14. The van der Waals surface area contributed by atoms with Gasteiger partial charge in [-0.2, -0.15) is 74.6 Å². The number of rotatable bonds is 16. The topological polar surface area (TPSA) is 132 Å². The van der Waals surface area contributed by atoms with Gasteiger partial charge < -0.3 is 30.2 Å². The molecule has 3 N–H and O–H groups in total. The Morgan fingerprint density at radius 2 is 0.904 bits per heavy atom. The molecule has 1 aliphatic carbocycles. The smallest absolute Gasteiger partial charge is 0.459 e. The molecule has 1 fully saturated rings. The van der Waals surface area contributed by atoms with Gasteiger partial charge in [-0.1, -0.05) is 6.58 Å². The number of amides is 3. The molecule has 52 heavy (non-hydrogen) atoms. The van der Waals surface area contributed by atoms with E-state index in [-0.39, 0.29) is 44.5 Å². The highest BCUT2D eigenvalue weighted by atomic mass is 19.4. The van der Waals surface area contributed by atoms with Crippen molar-refractivity contribution in [2.45, 2.75) is 92.3 Å². The van der Waals surface area contributed by atoms with Gasteiger partial charge in [0.15, 0.2) is 0 Å². The average Bonchev–Trinajstić information content (AvgIpc) is 3.00. The summed E-state index contributed by atoms with van der Waals surface area (Å²) in [6.07, 6.45) is -9.38. The van der Waals surface area contributed by atoms with Crippen LogP contribution in [-0.4, -0.2) is 110 Å². The van der Waals surface area contributed by atoms with Crippen LogP contribution in [0.2, 0.25) is 0 Å². The molecule has 1 aliphatic rings. The fourth-order valence-corrected chi connectivity index (χ4v) is 3.92. The van der Waals surface area contributed by atoms with Crippen molar-refractivity contribution < 1.29 is 108 Å². The fourth-order valence-electron chi connectivity index (χ4n) is 3.92. The van der Waals surface area contributed by atoms with Crippen molar-refractivity contribution in [2.75, 3.05) is 26.4 Å². The zero-order valence-electron chi connectivity index (χ0n) is 25.8. The quantitative estimate of drug-likeness (QED) is 0.0575. The molecule has 1 saturated carbocycles.